The molecule has 2 fully saturated rings. The van der Waals surface area contributed by atoms with Gasteiger partial charge in [0.1, 0.15) is 0 Å². The van der Waals surface area contributed by atoms with Crippen LogP contribution in [0, 0.1) is 5.41 Å². The van der Waals surface area contributed by atoms with Crippen LogP contribution in [-0.4, -0.2) is 73.5 Å². The second-order valence-corrected chi connectivity index (χ2v) is 7.51. The van der Waals surface area contributed by atoms with Gasteiger partial charge >= 0.3 is 0 Å². The van der Waals surface area contributed by atoms with Gasteiger partial charge in [0, 0.05) is 33.1 Å². The van der Waals surface area contributed by atoms with Gasteiger partial charge in [-0.3, -0.25) is 4.79 Å². The van der Waals surface area contributed by atoms with Gasteiger partial charge in [-0.15, -0.1) is 0 Å². The van der Waals surface area contributed by atoms with Gasteiger partial charge in [-0.05, 0) is 71.1 Å². The lowest BCUT2D eigenvalue weighted by atomic mass is 9.71. The van der Waals surface area contributed by atoms with Crippen LogP contribution in [0.2, 0.25) is 0 Å². The van der Waals surface area contributed by atoms with Crippen LogP contribution in [0.4, 0.5) is 0 Å². The van der Waals surface area contributed by atoms with E-state index in [0.29, 0.717) is 17.9 Å². The van der Waals surface area contributed by atoms with Crippen LogP contribution in [0.5, 0.6) is 0 Å². The Labute approximate surface area is 130 Å². The topological polar surface area (TPSA) is 26.8 Å². The van der Waals surface area contributed by atoms with E-state index in [0.717, 1.165) is 6.54 Å². The van der Waals surface area contributed by atoms with E-state index in [1.165, 1.54) is 51.9 Å². The Hall–Kier alpha value is -0.610. The standard InChI is InChI=1S/C17H33N3O/c1-15(2)20-13-8-17(9-14-20)6-11-19(12-7-17)10-5-16(21)18(3)4/h15H,5-14H2,1-4H3. The quantitative estimate of drug-likeness (QED) is 0.794. The second-order valence-electron chi connectivity index (χ2n) is 7.51. The molecule has 21 heavy (non-hydrogen) atoms. The van der Waals surface area contributed by atoms with Crippen molar-refractivity contribution in [3.05, 3.63) is 0 Å². The predicted octanol–water partition coefficient (Wildman–Crippen LogP) is 2.05. The third-order valence-electron chi connectivity index (χ3n) is 5.65. The van der Waals surface area contributed by atoms with Crippen molar-refractivity contribution in [2.24, 2.45) is 5.41 Å². The Morgan fingerprint density at radius 1 is 1.05 bits per heavy atom. The van der Waals surface area contributed by atoms with E-state index in [-0.39, 0.29) is 5.91 Å². The van der Waals surface area contributed by atoms with Crippen molar-refractivity contribution in [3.8, 4) is 0 Å². The van der Waals surface area contributed by atoms with Crippen molar-refractivity contribution in [2.45, 2.75) is 52.0 Å². The summed E-state index contributed by atoms with van der Waals surface area (Å²) in [7, 11) is 3.69. The molecule has 4 nitrogen and oxygen atoms in total. The summed E-state index contributed by atoms with van der Waals surface area (Å²) < 4.78 is 0. The molecule has 1 amide bonds. The SMILES string of the molecule is CC(C)N1CCC2(CCN(CCC(=O)N(C)C)CC2)CC1. The predicted molar refractivity (Wildman–Crippen MR) is 87.4 cm³/mol. The minimum atomic E-state index is 0.250. The molecule has 0 radical (unpaired) electrons. The molecule has 0 aromatic heterocycles. The van der Waals surface area contributed by atoms with Crippen molar-refractivity contribution < 1.29 is 4.79 Å². The van der Waals surface area contributed by atoms with Gasteiger partial charge in [-0.25, -0.2) is 0 Å². The summed E-state index contributed by atoms with van der Waals surface area (Å²) in [6.45, 7) is 10.5. The highest BCUT2D eigenvalue weighted by Gasteiger charge is 2.37. The number of amides is 1. The summed E-state index contributed by atoms with van der Waals surface area (Å²) in [6, 6.07) is 0.694. The summed E-state index contributed by atoms with van der Waals surface area (Å²) in [4.78, 5) is 18.5. The average molecular weight is 295 g/mol. The molecule has 2 aliphatic heterocycles. The van der Waals surface area contributed by atoms with Crippen molar-refractivity contribution in [1.29, 1.82) is 0 Å². The number of rotatable bonds is 4. The number of carbonyl (C=O) groups is 1. The molecular weight excluding hydrogens is 262 g/mol. The van der Waals surface area contributed by atoms with E-state index in [1.54, 1.807) is 4.90 Å². The number of carbonyl (C=O) groups excluding carboxylic acids is 1. The molecule has 0 saturated carbocycles. The fourth-order valence-electron chi connectivity index (χ4n) is 3.74. The van der Waals surface area contributed by atoms with Gasteiger partial charge in [-0.1, -0.05) is 0 Å². The average Bonchev–Trinajstić information content (AvgIpc) is 2.47. The Balaban J connectivity index is 1.72. The second kappa shape index (κ2) is 7.10. The fraction of sp³-hybridized carbons (Fsp3) is 0.941. The smallest absolute Gasteiger partial charge is 0.223 e. The van der Waals surface area contributed by atoms with E-state index in [4.69, 9.17) is 0 Å². The maximum atomic E-state index is 11.7. The molecule has 2 heterocycles. The monoisotopic (exact) mass is 295 g/mol. The van der Waals surface area contributed by atoms with Gasteiger partial charge < -0.3 is 14.7 Å². The Kier molecular flexibility index (Phi) is 5.67. The lowest BCUT2D eigenvalue weighted by Crippen LogP contribution is -2.48. The number of nitrogens with zero attached hydrogens (tertiary/aromatic N) is 3. The van der Waals surface area contributed by atoms with Crippen molar-refractivity contribution in [3.63, 3.8) is 0 Å². The summed E-state index contributed by atoms with van der Waals surface area (Å²) in [6.07, 6.45) is 6.07. The highest BCUT2D eigenvalue weighted by molar-refractivity contribution is 5.75. The van der Waals surface area contributed by atoms with Crippen LogP contribution in [0.15, 0.2) is 0 Å². The van der Waals surface area contributed by atoms with Crippen LogP contribution >= 0.6 is 0 Å². The first-order chi connectivity index (χ1) is 9.92. The molecule has 0 aliphatic carbocycles. The normalized spacial score (nSPS) is 23.7. The zero-order valence-corrected chi connectivity index (χ0v) is 14.4. The largest absolute Gasteiger partial charge is 0.349 e. The number of hydrogen-bond donors (Lipinski definition) is 0. The molecule has 4 heteroatoms. The molecule has 0 bridgehead atoms. The summed E-state index contributed by atoms with van der Waals surface area (Å²) in [5.41, 5.74) is 0.605. The summed E-state index contributed by atoms with van der Waals surface area (Å²) >= 11 is 0. The molecule has 0 N–H and O–H groups in total. The molecule has 1 spiro atoms. The molecule has 0 aromatic carbocycles. The summed E-state index contributed by atoms with van der Waals surface area (Å²) in [5.74, 6) is 0.250. The van der Waals surface area contributed by atoms with E-state index < -0.39 is 0 Å². The molecule has 0 atom stereocenters. The first kappa shape index (κ1) is 16.8. The van der Waals surface area contributed by atoms with Gasteiger partial charge in [0.2, 0.25) is 5.91 Å². The van der Waals surface area contributed by atoms with Crippen LogP contribution in [0.1, 0.15) is 46.0 Å². The third kappa shape index (κ3) is 4.43. The van der Waals surface area contributed by atoms with E-state index >= 15 is 0 Å². The number of likely N-dealkylation sites (tertiary alicyclic amines) is 2. The van der Waals surface area contributed by atoms with E-state index in [2.05, 4.69) is 23.6 Å². The molecule has 2 saturated heterocycles. The van der Waals surface area contributed by atoms with Crippen LogP contribution in [0.25, 0.3) is 0 Å². The Morgan fingerprint density at radius 3 is 2.05 bits per heavy atom. The van der Waals surface area contributed by atoms with Crippen LogP contribution in [-0.2, 0) is 4.79 Å². The molecule has 2 rings (SSSR count). The first-order valence-corrected chi connectivity index (χ1v) is 8.58. The van der Waals surface area contributed by atoms with E-state index in [1.807, 2.05) is 14.1 Å². The number of hydrogen-bond acceptors (Lipinski definition) is 3. The minimum absolute atomic E-state index is 0.250. The van der Waals surface area contributed by atoms with E-state index in [9.17, 15) is 4.79 Å². The van der Waals surface area contributed by atoms with Gasteiger partial charge in [0.05, 0.1) is 0 Å². The minimum Gasteiger partial charge on any atom is -0.349 e. The molecule has 122 valence electrons. The lowest BCUT2D eigenvalue weighted by Gasteiger charge is -2.47. The maximum Gasteiger partial charge on any atom is 0.223 e. The van der Waals surface area contributed by atoms with Gasteiger partial charge in [-0.2, -0.15) is 0 Å². The Bertz CT molecular complexity index is 336. The highest BCUT2D eigenvalue weighted by atomic mass is 16.2. The molecule has 0 unspecified atom stereocenters. The molecule has 2 aliphatic rings. The third-order valence-corrected chi connectivity index (χ3v) is 5.65. The zero-order chi connectivity index (χ0) is 15.5. The maximum absolute atomic E-state index is 11.7. The molecular formula is C17H33N3O. The zero-order valence-electron chi connectivity index (χ0n) is 14.4. The molecule has 0 aromatic rings. The first-order valence-electron chi connectivity index (χ1n) is 8.58. The number of piperidine rings is 2. The van der Waals surface area contributed by atoms with Crippen LogP contribution in [0.3, 0.4) is 0 Å². The van der Waals surface area contributed by atoms with Crippen molar-refractivity contribution >= 4 is 5.91 Å². The highest BCUT2D eigenvalue weighted by Crippen LogP contribution is 2.41. The van der Waals surface area contributed by atoms with Gasteiger partial charge in [0.15, 0.2) is 0 Å². The summed E-state index contributed by atoms with van der Waals surface area (Å²) in [5, 5.41) is 0. The lowest BCUT2D eigenvalue weighted by molar-refractivity contribution is -0.129. The Morgan fingerprint density at radius 2 is 1.57 bits per heavy atom. The van der Waals surface area contributed by atoms with Crippen molar-refractivity contribution in [1.82, 2.24) is 14.7 Å². The fourth-order valence-corrected chi connectivity index (χ4v) is 3.74. The van der Waals surface area contributed by atoms with Crippen LogP contribution < -0.4 is 0 Å². The van der Waals surface area contributed by atoms with Gasteiger partial charge in [0.25, 0.3) is 0 Å². The van der Waals surface area contributed by atoms with Crippen molar-refractivity contribution in [2.75, 3.05) is 46.8 Å².